The second-order valence-electron chi connectivity index (χ2n) is 6.81. The zero-order chi connectivity index (χ0) is 17.8. The number of hydrogen-bond acceptors (Lipinski definition) is 4. The Bertz CT molecular complexity index is 852. The third kappa shape index (κ3) is 3.70. The van der Waals surface area contributed by atoms with Crippen LogP contribution >= 0.6 is 11.3 Å². The monoisotopic (exact) mass is 362 g/mol. The molecule has 26 heavy (non-hydrogen) atoms. The summed E-state index contributed by atoms with van der Waals surface area (Å²) < 4.78 is 0. The molecule has 1 aromatic heterocycles. The summed E-state index contributed by atoms with van der Waals surface area (Å²) in [4.78, 5) is 18.4. The molecule has 0 saturated carbocycles. The van der Waals surface area contributed by atoms with Gasteiger partial charge in [-0.25, -0.2) is 4.98 Å². The second kappa shape index (κ2) is 7.83. The van der Waals surface area contributed by atoms with Crippen LogP contribution in [0.2, 0.25) is 0 Å². The third-order valence-corrected chi connectivity index (χ3v) is 6.22. The molecule has 1 saturated heterocycles. The molecule has 3 nitrogen and oxygen atoms in total. The largest absolute Gasteiger partial charge is 0.362 e. The van der Waals surface area contributed by atoms with Crippen LogP contribution in [0.15, 0.2) is 60.7 Å². The Morgan fingerprint density at radius 1 is 1.00 bits per heavy atom. The van der Waals surface area contributed by atoms with Crippen molar-refractivity contribution < 1.29 is 4.79 Å². The zero-order valence-electron chi connectivity index (χ0n) is 14.7. The predicted molar refractivity (Wildman–Crippen MR) is 108 cm³/mol. The molecule has 2 heterocycles. The first-order valence-corrected chi connectivity index (χ1v) is 9.95. The van der Waals surface area contributed by atoms with Crippen LogP contribution in [0.25, 0.3) is 10.6 Å². The van der Waals surface area contributed by atoms with Crippen molar-refractivity contribution in [2.24, 2.45) is 5.92 Å². The molecule has 1 aliphatic heterocycles. The molecule has 132 valence electrons. The van der Waals surface area contributed by atoms with Crippen molar-refractivity contribution in [2.45, 2.75) is 19.3 Å². The van der Waals surface area contributed by atoms with Crippen molar-refractivity contribution in [3.8, 4) is 10.6 Å². The van der Waals surface area contributed by atoms with Crippen LogP contribution in [0.3, 0.4) is 0 Å². The quantitative estimate of drug-likeness (QED) is 0.593. The van der Waals surface area contributed by atoms with E-state index in [0.717, 1.165) is 60.1 Å². The van der Waals surface area contributed by atoms with Gasteiger partial charge < -0.3 is 4.90 Å². The van der Waals surface area contributed by atoms with E-state index in [1.165, 1.54) is 5.56 Å². The lowest BCUT2D eigenvalue weighted by molar-refractivity contribution is 0.112. The summed E-state index contributed by atoms with van der Waals surface area (Å²) in [6.45, 7) is 1.99. The molecule has 4 heteroatoms. The van der Waals surface area contributed by atoms with Crippen molar-refractivity contribution in [2.75, 3.05) is 18.0 Å². The van der Waals surface area contributed by atoms with Crippen molar-refractivity contribution in [1.29, 1.82) is 0 Å². The first kappa shape index (κ1) is 17.0. The minimum absolute atomic E-state index is 0.579. The van der Waals surface area contributed by atoms with Crippen LogP contribution in [0.5, 0.6) is 0 Å². The Hall–Kier alpha value is -2.46. The van der Waals surface area contributed by atoms with Gasteiger partial charge in [0.2, 0.25) is 0 Å². The van der Waals surface area contributed by atoms with E-state index in [-0.39, 0.29) is 0 Å². The van der Waals surface area contributed by atoms with Crippen molar-refractivity contribution >= 4 is 22.6 Å². The van der Waals surface area contributed by atoms with E-state index in [4.69, 9.17) is 0 Å². The van der Waals surface area contributed by atoms with Gasteiger partial charge in [0.15, 0.2) is 6.29 Å². The summed E-state index contributed by atoms with van der Waals surface area (Å²) in [5, 5.41) is 1.95. The highest BCUT2D eigenvalue weighted by atomic mass is 32.1. The number of aldehydes is 1. The fourth-order valence-corrected chi connectivity index (χ4v) is 4.71. The molecule has 4 rings (SSSR count). The average molecular weight is 362 g/mol. The van der Waals surface area contributed by atoms with Gasteiger partial charge in [0.05, 0.1) is 0 Å². The van der Waals surface area contributed by atoms with Crippen LogP contribution in [0, 0.1) is 5.92 Å². The number of rotatable bonds is 5. The number of carbonyl (C=O) groups is 1. The Labute approximate surface area is 158 Å². The first-order chi connectivity index (χ1) is 12.8. The molecule has 0 atom stereocenters. The summed E-state index contributed by atoms with van der Waals surface area (Å²) in [6, 6.07) is 20.8. The van der Waals surface area contributed by atoms with Crippen LogP contribution in [-0.4, -0.2) is 24.4 Å². The zero-order valence-corrected chi connectivity index (χ0v) is 15.5. The Balaban J connectivity index is 1.46. The predicted octanol–water partition coefficient (Wildman–Crippen LogP) is 5.08. The maximum atomic E-state index is 11.5. The molecule has 0 radical (unpaired) electrons. The maximum Gasteiger partial charge on any atom is 0.171 e. The molecule has 0 bridgehead atoms. The average Bonchev–Trinajstić information content (AvgIpc) is 3.15. The number of benzene rings is 2. The first-order valence-electron chi connectivity index (χ1n) is 9.14. The summed E-state index contributed by atoms with van der Waals surface area (Å²) in [5.41, 5.74) is 3.07. The minimum atomic E-state index is 0.579. The van der Waals surface area contributed by atoms with E-state index in [1.54, 1.807) is 11.3 Å². The number of nitrogens with zero attached hydrogens (tertiary/aromatic N) is 2. The summed E-state index contributed by atoms with van der Waals surface area (Å²) in [5.74, 6) is 0.717. The number of thiazole rings is 1. The lowest BCUT2D eigenvalue weighted by Gasteiger charge is -2.32. The van der Waals surface area contributed by atoms with Crippen molar-refractivity contribution in [3.63, 3.8) is 0 Å². The molecule has 1 aliphatic rings. The van der Waals surface area contributed by atoms with Crippen LogP contribution in [0.4, 0.5) is 5.00 Å². The number of anilines is 1. The van der Waals surface area contributed by atoms with Gasteiger partial charge in [-0.1, -0.05) is 72.0 Å². The Morgan fingerprint density at radius 2 is 1.65 bits per heavy atom. The van der Waals surface area contributed by atoms with E-state index in [2.05, 4.69) is 40.2 Å². The van der Waals surface area contributed by atoms with E-state index in [9.17, 15) is 4.79 Å². The number of hydrogen-bond donors (Lipinski definition) is 0. The van der Waals surface area contributed by atoms with Gasteiger partial charge in [0.1, 0.15) is 15.7 Å². The lowest BCUT2D eigenvalue weighted by Crippen LogP contribution is -2.34. The molecule has 2 aromatic carbocycles. The normalized spacial score (nSPS) is 15.2. The van der Waals surface area contributed by atoms with E-state index < -0.39 is 0 Å². The van der Waals surface area contributed by atoms with Gasteiger partial charge in [-0.2, -0.15) is 0 Å². The van der Waals surface area contributed by atoms with Gasteiger partial charge >= 0.3 is 0 Å². The highest BCUT2D eigenvalue weighted by Gasteiger charge is 2.24. The summed E-state index contributed by atoms with van der Waals surface area (Å²) in [6.07, 6.45) is 4.36. The lowest BCUT2D eigenvalue weighted by atomic mass is 9.90. The molecule has 0 aliphatic carbocycles. The van der Waals surface area contributed by atoms with Crippen molar-refractivity contribution in [1.82, 2.24) is 4.98 Å². The van der Waals surface area contributed by atoms with Gasteiger partial charge in [-0.3, -0.25) is 4.79 Å². The molecule has 3 aromatic rings. The molecule has 0 spiro atoms. The highest BCUT2D eigenvalue weighted by molar-refractivity contribution is 7.19. The highest BCUT2D eigenvalue weighted by Crippen LogP contribution is 2.36. The Kier molecular flexibility index (Phi) is 5.12. The fourth-order valence-electron chi connectivity index (χ4n) is 3.62. The third-order valence-electron chi connectivity index (χ3n) is 5.04. The van der Waals surface area contributed by atoms with E-state index in [1.807, 2.05) is 30.3 Å². The van der Waals surface area contributed by atoms with Crippen LogP contribution < -0.4 is 4.90 Å². The molecule has 0 unspecified atom stereocenters. The molecular weight excluding hydrogens is 340 g/mol. The van der Waals surface area contributed by atoms with Crippen LogP contribution in [-0.2, 0) is 6.42 Å². The summed E-state index contributed by atoms with van der Waals surface area (Å²) in [7, 11) is 0. The molecular formula is C22H22N2OS. The smallest absolute Gasteiger partial charge is 0.171 e. The SMILES string of the molecule is O=Cc1nc(-c2ccccc2)sc1N1CCC(Cc2ccccc2)CC1. The fraction of sp³-hybridized carbons (Fsp3) is 0.273. The topological polar surface area (TPSA) is 33.2 Å². The van der Waals surface area contributed by atoms with Crippen molar-refractivity contribution in [3.05, 3.63) is 71.9 Å². The second-order valence-corrected chi connectivity index (χ2v) is 7.79. The Morgan fingerprint density at radius 3 is 2.31 bits per heavy atom. The number of aromatic nitrogens is 1. The maximum absolute atomic E-state index is 11.5. The van der Waals surface area contributed by atoms with Crippen LogP contribution in [0.1, 0.15) is 28.9 Å². The van der Waals surface area contributed by atoms with Gasteiger partial charge in [0, 0.05) is 18.7 Å². The van der Waals surface area contributed by atoms with E-state index in [0.29, 0.717) is 5.69 Å². The number of piperidine rings is 1. The standard InChI is InChI=1S/C22H22N2OS/c25-16-20-22(26-21(23-20)19-9-5-2-6-10-19)24-13-11-18(12-14-24)15-17-7-3-1-4-8-17/h1-10,16,18H,11-15H2. The van der Waals surface area contributed by atoms with E-state index >= 15 is 0 Å². The van der Waals surface area contributed by atoms with Gasteiger partial charge in [-0.15, -0.1) is 0 Å². The molecule has 0 amide bonds. The summed E-state index contributed by atoms with van der Waals surface area (Å²) >= 11 is 1.63. The number of carbonyl (C=O) groups excluding carboxylic acids is 1. The minimum Gasteiger partial charge on any atom is -0.362 e. The molecule has 1 fully saturated rings. The molecule has 0 N–H and O–H groups in total. The van der Waals surface area contributed by atoms with Gasteiger partial charge in [0.25, 0.3) is 0 Å². The van der Waals surface area contributed by atoms with Gasteiger partial charge in [-0.05, 0) is 30.7 Å².